The van der Waals surface area contributed by atoms with E-state index in [1.807, 2.05) is 6.07 Å². The molecule has 1 N–H and O–H groups in total. The first kappa shape index (κ1) is 8.54. The molecular formula is C11H14FN. The number of anilines is 1. The molecule has 0 spiro atoms. The molecule has 2 rings (SSSR count). The van der Waals surface area contributed by atoms with Crippen molar-refractivity contribution in [3.63, 3.8) is 0 Å². The largest absolute Gasteiger partial charge is 0.382 e. The Kier molecular flexibility index (Phi) is 2.21. The zero-order valence-electron chi connectivity index (χ0n) is 7.76. The van der Waals surface area contributed by atoms with Crippen LogP contribution in [0.25, 0.3) is 0 Å². The molecule has 0 saturated heterocycles. The lowest BCUT2D eigenvalue weighted by Crippen LogP contribution is -2.36. The van der Waals surface area contributed by atoms with Crippen LogP contribution in [0.15, 0.2) is 24.3 Å². The molecule has 0 heterocycles. The van der Waals surface area contributed by atoms with Crippen LogP contribution in [0.3, 0.4) is 0 Å². The van der Waals surface area contributed by atoms with Gasteiger partial charge in [-0.15, -0.1) is 0 Å². The molecule has 1 aromatic carbocycles. The van der Waals surface area contributed by atoms with Crippen molar-refractivity contribution in [1.29, 1.82) is 0 Å². The minimum Gasteiger partial charge on any atom is -0.382 e. The summed E-state index contributed by atoms with van der Waals surface area (Å²) in [4.78, 5) is 0. The molecule has 1 nitrogen and oxygen atoms in total. The summed E-state index contributed by atoms with van der Waals surface area (Å²) in [5, 5.41) is 3.33. The van der Waals surface area contributed by atoms with Gasteiger partial charge in [-0.05, 0) is 37.0 Å². The summed E-state index contributed by atoms with van der Waals surface area (Å²) in [5.74, 6) is 0.556. The Morgan fingerprint density at radius 2 is 2.23 bits per heavy atom. The average Bonchev–Trinajstić information content (AvgIpc) is 2.12. The van der Waals surface area contributed by atoms with Gasteiger partial charge in [-0.2, -0.15) is 0 Å². The van der Waals surface area contributed by atoms with Crippen LogP contribution >= 0.6 is 0 Å². The maximum Gasteiger partial charge on any atom is 0.125 e. The van der Waals surface area contributed by atoms with Gasteiger partial charge in [0.2, 0.25) is 0 Å². The van der Waals surface area contributed by atoms with Crippen LogP contribution in [-0.2, 0) is 0 Å². The number of halogens is 1. The molecule has 70 valence electrons. The number of hydrogen-bond acceptors (Lipinski definition) is 1. The van der Waals surface area contributed by atoms with Gasteiger partial charge in [0, 0.05) is 11.7 Å². The molecule has 0 bridgehead atoms. The SMILES string of the molecule is CC1CCC1Nc1cccc(F)c1. The van der Waals surface area contributed by atoms with Crippen molar-refractivity contribution in [3.05, 3.63) is 30.1 Å². The maximum atomic E-state index is 12.8. The first-order valence-electron chi connectivity index (χ1n) is 4.78. The van der Waals surface area contributed by atoms with Gasteiger partial charge in [0.05, 0.1) is 0 Å². The van der Waals surface area contributed by atoms with Gasteiger partial charge in [-0.1, -0.05) is 13.0 Å². The highest BCUT2D eigenvalue weighted by molar-refractivity contribution is 5.44. The summed E-state index contributed by atoms with van der Waals surface area (Å²) in [6, 6.07) is 7.21. The molecule has 2 atom stereocenters. The molecule has 1 aromatic rings. The summed E-state index contributed by atoms with van der Waals surface area (Å²) in [7, 11) is 0. The average molecular weight is 179 g/mol. The molecule has 13 heavy (non-hydrogen) atoms. The molecule has 2 heteroatoms. The molecule has 0 aromatic heterocycles. The standard InChI is InChI=1S/C11H14FN/c1-8-5-6-11(8)13-10-4-2-3-9(12)7-10/h2-4,7-8,11,13H,5-6H2,1H3. The molecule has 1 saturated carbocycles. The van der Waals surface area contributed by atoms with E-state index in [1.54, 1.807) is 12.1 Å². The van der Waals surface area contributed by atoms with Gasteiger partial charge in [0.15, 0.2) is 0 Å². The van der Waals surface area contributed by atoms with E-state index in [1.165, 1.54) is 18.9 Å². The lowest BCUT2D eigenvalue weighted by molar-refractivity contribution is 0.303. The Balaban J connectivity index is 2.01. The van der Waals surface area contributed by atoms with Crippen LogP contribution in [0.5, 0.6) is 0 Å². The zero-order chi connectivity index (χ0) is 9.26. The van der Waals surface area contributed by atoms with Crippen LogP contribution in [0, 0.1) is 11.7 Å². The van der Waals surface area contributed by atoms with Crippen molar-refractivity contribution in [2.24, 2.45) is 5.92 Å². The minimum absolute atomic E-state index is 0.169. The van der Waals surface area contributed by atoms with Gasteiger partial charge in [-0.25, -0.2) is 4.39 Å². The summed E-state index contributed by atoms with van der Waals surface area (Å²) in [5.41, 5.74) is 0.900. The topological polar surface area (TPSA) is 12.0 Å². The van der Waals surface area contributed by atoms with Gasteiger partial charge in [0.25, 0.3) is 0 Å². The van der Waals surface area contributed by atoms with E-state index in [-0.39, 0.29) is 5.82 Å². The summed E-state index contributed by atoms with van der Waals surface area (Å²) >= 11 is 0. The minimum atomic E-state index is -0.169. The third-order valence-electron chi connectivity index (χ3n) is 2.80. The van der Waals surface area contributed by atoms with Crippen LogP contribution in [0.2, 0.25) is 0 Å². The summed E-state index contributed by atoms with van der Waals surface area (Å²) in [6.45, 7) is 2.22. The first-order chi connectivity index (χ1) is 6.25. The van der Waals surface area contributed by atoms with E-state index < -0.39 is 0 Å². The van der Waals surface area contributed by atoms with E-state index in [0.29, 0.717) is 6.04 Å². The fourth-order valence-corrected chi connectivity index (χ4v) is 1.67. The lowest BCUT2D eigenvalue weighted by Gasteiger charge is -2.35. The Morgan fingerprint density at radius 3 is 2.77 bits per heavy atom. The lowest BCUT2D eigenvalue weighted by atomic mass is 9.81. The summed E-state index contributed by atoms with van der Waals surface area (Å²) < 4.78 is 12.8. The molecule has 1 aliphatic carbocycles. The van der Waals surface area contributed by atoms with Crippen LogP contribution in [0.1, 0.15) is 19.8 Å². The van der Waals surface area contributed by atoms with E-state index >= 15 is 0 Å². The number of rotatable bonds is 2. The van der Waals surface area contributed by atoms with Crippen LogP contribution in [0.4, 0.5) is 10.1 Å². The number of benzene rings is 1. The first-order valence-corrected chi connectivity index (χ1v) is 4.78. The van der Waals surface area contributed by atoms with E-state index in [9.17, 15) is 4.39 Å². The molecule has 2 unspecified atom stereocenters. The Morgan fingerprint density at radius 1 is 1.38 bits per heavy atom. The quantitative estimate of drug-likeness (QED) is 0.735. The van der Waals surface area contributed by atoms with E-state index in [2.05, 4.69) is 12.2 Å². The predicted molar refractivity (Wildman–Crippen MR) is 52.2 cm³/mol. The van der Waals surface area contributed by atoms with Crippen molar-refractivity contribution in [1.82, 2.24) is 0 Å². The molecule has 1 aliphatic rings. The van der Waals surface area contributed by atoms with Crippen LogP contribution in [-0.4, -0.2) is 6.04 Å². The number of nitrogens with one attached hydrogen (secondary N) is 1. The number of hydrogen-bond donors (Lipinski definition) is 1. The molecular weight excluding hydrogens is 165 g/mol. The van der Waals surface area contributed by atoms with Crippen LogP contribution < -0.4 is 5.32 Å². The Bertz CT molecular complexity index is 298. The van der Waals surface area contributed by atoms with Gasteiger partial charge in [0.1, 0.15) is 5.82 Å². The summed E-state index contributed by atoms with van der Waals surface area (Å²) in [6.07, 6.45) is 2.49. The molecule has 0 aliphatic heterocycles. The molecule has 0 amide bonds. The monoisotopic (exact) mass is 179 g/mol. The van der Waals surface area contributed by atoms with Crippen molar-refractivity contribution in [2.75, 3.05) is 5.32 Å². The van der Waals surface area contributed by atoms with Gasteiger partial charge in [-0.3, -0.25) is 0 Å². The zero-order valence-corrected chi connectivity index (χ0v) is 7.76. The van der Waals surface area contributed by atoms with E-state index in [0.717, 1.165) is 11.6 Å². The van der Waals surface area contributed by atoms with Crippen molar-refractivity contribution < 1.29 is 4.39 Å². The van der Waals surface area contributed by atoms with Crippen molar-refractivity contribution in [3.8, 4) is 0 Å². The second kappa shape index (κ2) is 3.36. The van der Waals surface area contributed by atoms with Gasteiger partial charge < -0.3 is 5.32 Å². The Labute approximate surface area is 78.0 Å². The predicted octanol–water partition coefficient (Wildman–Crippen LogP) is 3.04. The Hall–Kier alpha value is -1.05. The smallest absolute Gasteiger partial charge is 0.125 e. The normalized spacial score (nSPS) is 26.6. The highest BCUT2D eigenvalue weighted by Gasteiger charge is 2.26. The highest BCUT2D eigenvalue weighted by Crippen LogP contribution is 2.29. The van der Waals surface area contributed by atoms with Crippen molar-refractivity contribution in [2.45, 2.75) is 25.8 Å². The van der Waals surface area contributed by atoms with E-state index in [4.69, 9.17) is 0 Å². The molecule has 1 fully saturated rings. The fourth-order valence-electron chi connectivity index (χ4n) is 1.67. The van der Waals surface area contributed by atoms with Gasteiger partial charge >= 0.3 is 0 Å². The second-order valence-electron chi connectivity index (χ2n) is 3.82. The van der Waals surface area contributed by atoms with Crippen molar-refractivity contribution >= 4 is 5.69 Å². The second-order valence-corrected chi connectivity index (χ2v) is 3.82. The fraction of sp³-hybridized carbons (Fsp3) is 0.455. The third kappa shape index (κ3) is 1.82. The third-order valence-corrected chi connectivity index (χ3v) is 2.80. The highest BCUT2D eigenvalue weighted by atomic mass is 19.1. The molecule has 0 radical (unpaired) electrons. The maximum absolute atomic E-state index is 12.8.